The molecule has 1 atom stereocenters. The third kappa shape index (κ3) is 3.34. The first-order valence-electron chi connectivity index (χ1n) is 6.39. The van der Waals surface area contributed by atoms with Gasteiger partial charge in [0.1, 0.15) is 0 Å². The molecule has 1 aliphatic carbocycles. The molecule has 2 fully saturated rings. The number of aliphatic imine (C=N–C) groups is 1. The topological polar surface area (TPSA) is 74.6 Å². The van der Waals surface area contributed by atoms with Gasteiger partial charge >= 0.3 is 0 Å². The van der Waals surface area contributed by atoms with Crippen molar-refractivity contribution in [3.05, 3.63) is 0 Å². The maximum absolute atomic E-state index is 8.83. The van der Waals surface area contributed by atoms with E-state index in [0.29, 0.717) is 25.2 Å². The van der Waals surface area contributed by atoms with Gasteiger partial charge in [-0.1, -0.05) is 19.3 Å². The van der Waals surface area contributed by atoms with Gasteiger partial charge in [0.2, 0.25) is 0 Å². The van der Waals surface area contributed by atoms with E-state index >= 15 is 0 Å². The van der Waals surface area contributed by atoms with Crippen LogP contribution < -0.4 is 5.73 Å². The number of nitrogens with two attached hydrogens (primary N) is 1. The molecule has 17 heavy (non-hydrogen) atoms. The van der Waals surface area contributed by atoms with Crippen molar-refractivity contribution >= 4 is 5.96 Å². The molecule has 5 heteroatoms. The molecule has 1 saturated heterocycles. The van der Waals surface area contributed by atoms with Gasteiger partial charge in [0.05, 0.1) is 25.3 Å². The van der Waals surface area contributed by atoms with Gasteiger partial charge in [0.25, 0.3) is 0 Å². The van der Waals surface area contributed by atoms with E-state index in [9.17, 15) is 0 Å². The van der Waals surface area contributed by atoms with E-state index < -0.39 is 0 Å². The van der Waals surface area contributed by atoms with E-state index in [2.05, 4.69) is 11.1 Å². The minimum Gasteiger partial charge on any atom is -0.370 e. The van der Waals surface area contributed by atoms with Gasteiger partial charge in [-0.3, -0.25) is 0 Å². The van der Waals surface area contributed by atoms with Crippen LogP contribution in [-0.4, -0.2) is 42.7 Å². The highest BCUT2D eigenvalue weighted by Gasteiger charge is 2.22. The molecule has 1 saturated carbocycles. The summed E-state index contributed by atoms with van der Waals surface area (Å²) in [6.45, 7) is 1.83. The first-order chi connectivity index (χ1) is 8.29. The fourth-order valence-corrected chi connectivity index (χ4v) is 2.41. The first-order valence-corrected chi connectivity index (χ1v) is 6.39. The summed E-state index contributed by atoms with van der Waals surface area (Å²) >= 11 is 0. The number of nitrogens with zero attached hydrogens (tertiary/aromatic N) is 3. The van der Waals surface area contributed by atoms with E-state index in [1.165, 1.54) is 19.3 Å². The molecule has 2 N–H and O–H groups in total. The van der Waals surface area contributed by atoms with E-state index in [-0.39, 0.29) is 6.10 Å². The Kier molecular flexibility index (Phi) is 4.21. The smallest absolute Gasteiger partial charge is 0.191 e. The molecule has 0 aromatic heterocycles. The predicted octanol–water partition coefficient (Wildman–Crippen LogP) is 0.858. The molecule has 0 amide bonds. The van der Waals surface area contributed by atoms with E-state index in [1.807, 2.05) is 4.90 Å². The van der Waals surface area contributed by atoms with Crippen LogP contribution in [0.4, 0.5) is 0 Å². The van der Waals surface area contributed by atoms with Gasteiger partial charge < -0.3 is 15.4 Å². The lowest BCUT2D eigenvalue weighted by atomic mass is 9.96. The standard InChI is InChI=1S/C12H20N4O/c13-8-11-9-16(6-7-17-11)12(14)15-10-4-2-1-3-5-10/h10-11H,1-7,9H2,(H2,14,15). The lowest BCUT2D eigenvalue weighted by molar-refractivity contribution is 0.0259. The van der Waals surface area contributed by atoms with Crippen molar-refractivity contribution < 1.29 is 4.74 Å². The van der Waals surface area contributed by atoms with Gasteiger partial charge in [-0.05, 0) is 12.8 Å². The van der Waals surface area contributed by atoms with Gasteiger partial charge in [-0.2, -0.15) is 5.26 Å². The summed E-state index contributed by atoms with van der Waals surface area (Å²) in [6, 6.07) is 2.50. The van der Waals surface area contributed by atoms with E-state index in [4.69, 9.17) is 15.7 Å². The molecule has 94 valence electrons. The Labute approximate surface area is 102 Å². The normalized spacial score (nSPS) is 27.8. The third-order valence-electron chi connectivity index (χ3n) is 3.42. The van der Waals surface area contributed by atoms with Gasteiger partial charge in [-0.25, -0.2) is 4.99 Å². The van der Waals surface area contributed by atoms with Crippen molar-refractivity contribution in [1.82, 2.24) is 4.90 Å². The highest BCUT2D eigenvalue weighted by atomic mass is 16.5. The summed E-state index contributed by atoms with van der Waals surface area (Å²) in [5.74, 6) is 0.584. The number of guanidine groups is 1. The zero-order valence-electron chi connectivity index (χ0n) is 10.1. The van der Waals surface area contributed by atoms with Crippen LogP contribution in [0.2, 0.25) is 0 Å². The number of rotatable bonds is 1. The first kappa shape index (κ1) is 12.2. The van der Waals surface area contributed by atoms with Crippen LogP contribution in [0.1, 0.15) is 32.1 Å². The van der Waals surface area contributed by atoms with Crippen LogP contribution in [0.3, 0.4) is 0 Å². The summed E-state index contributed by atoms with van der Waals surface area (Å²) in [5.41, 5.74) is 6.01. The molecule has 0 radical (unpaired) electrons. The fourth-order valence-electron chi connectivity index (χ4n) is 2.41. The molecule has 1 unspecified atom stereocenters. The van der Waals surface area contributed by atoms with E-state index in [1.54, 1.807) is 0 Å². The highest BCUT2D eigenvalue weighted by Crippen LogP contribution is 2.20. The lowest BCUT2D eigenvalue weighted by Crippen LogP contribution is -2.48. The average molecular weight is 236 g/mol. The number of morpholine rings is 1. The zero-order valence-corrected chi connectivity index (χ0v) is 10.1. The van der Waals surface area contributed by atoms with Crippen molar-refractivity contribution in [3.63, 3.8) is 0 Å². The van der Waals surface area contributed by atoms with Crippen LogP contribution in [-0.2, 0) is 4.74 Å². The summed E-state index contributed by atoms with van der Waals surface area (Å²) in [6.07, 6.45) is 5.75. The third-order valence-corrected chi connectivity index (χ3v) is 3.42. The minimum absolute atomic E-state index is 0.371. The van der Waals surface area contributed by atoms with Crippen LogP contribution in [0.5, 0.6) is 0 Å². The van der Waals surface area contributed by atoms with Crippen LogP contribution in [0, 0.1) is 11.3 Å². The summed E-state index contributed by atoms with van der Waals surface area (Å²) in [7, 11) is 0. The zero-order chi connectivity index (χ0) is 12.1. The summed E-state index contributed by atoms with van der Waals surface area (Å²) in [5, 5.41) is 8.83. The Morgan fingerprint density at radius 1 is 1.35 bits per heavy atom. The highest BCUT2D eigenvalue weighted by molar-refractivity contribution is 5.78. The Morgan fingerprint density at radius 2 is 2.12 bits per heavy atom. The summed E-state index contributed by atoms with van der Waals surface area (Å²) in [4.78, 5) is 6.55. The molecule has 0 aromatic rings. The average Bonchev–Trinajstić information content (AvgIpc) is 2.40. The molecule has 5 nitrogen and oxygen atoms in total. The largest absolute Gasteiger partial charge is 0.370 e. The number of hydrogen-bond donors (Lipinski definition) is 1. The molecule has 0 aromatic carbocycles. The Morgan fingerprint density at radius 3 is 2.82 bits per heavy atom. The Bertz CT molecular complexity index is 317. The van der Waals surface area contributed by atoms with Crippen molar-refractivity contribution in [2.45, 2.75) is 44.2 Å². The molecule has 0 bridgehead atoms. The Hall–Kier alpha value is -1.28. The van der Waals surface area contributed by atoms with Gasteiger partial charge in [0, 0.05) is 6.54 Å². The van der Waals surface area contributed by atoms with Gasteiger partial charge in [-0.15, -0.1) is 0 Å². The maximum Gasteiger partial charge on any atom is 0.191 e. The second-order valence-electron chi connectivity index (χ2n) is 4.71. The van der Waals surface area contributed by atoms with Crippen molar-refractivity contribution in [1.29, 1.82) is 5.26 Å². The van der Waals surface area contributed by atoms with Gasteiger partial charge in [0.15, 0.2) is 12.1 Å². The number of ether oxygens (including phenoxy) is 1. The second kappa shape index (κ2) is 5.87. The SMILES string of the molecule is N#CC1CN(C(N)=NC2CCCCC2)CCO1. The minimum atomic E-state index is -0.371. The molecule has 2 aliphatic rings. The van der Waals surface area contributed by atoms with Crippen LogP contribution in [0.15, 0.2) is 4.99 Å². The molecule has 1 heterocycles. The lowest BCUT2D eigenvalue weighted by Gasteiger charge is -2.31. The molecule has 0 spiro atoms. The molecular weight excluding hydrogens is 216 g/mol. The van der Waals surface area contributed by atoms with Crippen molar-refractivity contribution in [3.8, 4) is 6.07 Å². The quantitative estimate of drug-likeness (QED) is 0.541. The number of hydrogen-bond acceptors (Lipinski definition) is 3. The predicted molar refractivity (Wildman–Crippen MR) is 65.4 cm³/mol. The molecule has 1 aliphatic heterocycles. The number of nitriles is 1. The van der Waals surface area contributed by atoms with Crippen molar-refractivity contribution in [2.75, 3.05) is 19.7 Å². The van der Waals surface area contributed by atoms with Crippen molar-refractivity contribution in [2.24, 2.45) is 10.7 Å². The molecule has 2 rings (SSSR count). The molecular formula is C12H20N4O. The second-order valence-corrected chi connectivity index (χ2v) is 4.71. The fraction of sp³-hybridized carbons (Fsp3) is 0.833. The monoisotopic (exact) mass is 236 g/mol. The van der Waals surface area contributed by atoms with Crippen LogP contribution >= 0.6 is 0 Å². The van der Waals surface area contributed by atoms with E-state index in [0.717, 1.165) is 19.4 Å². The Balaban J connectivity index is 1.91. The maximum atomic E-state index is 8.83. The summed E-state index contributed by atoms with van der Waals surface area (Å²) < 4.78 is 5.28. The van der Waals surface area contributed by atoms with Crippen LogP contribution in [0.25, 0.3) is 0 Å².